The van der Waals surface area contributed by atoms with Crippen LogP contribution in [0.25, 0.3) is 11.1 Å². The number of hydrogen-bond donors (Lipinski definition) is 1. The van der Waals surface area contributed by atoms with Crippen LogP contribution >= 0.6 is 0 Å². The fourth-order valence-electron chi connectivity index (χ4n) is 5.32. The number of methoxy groups -OCH3 is 2. The molecule has 2 aliphatic heterocycles. The van der Waals surface area contributed by atoms with Gasteiger partial charge in [-0.1, -0.05) is 24.3 Å². The second-order valence-electron chi connectivity index (χ2n) is 9.77. The zero-order chi connectivity index (χ0) is 24.7. The molecule has 2 aliphatic rings. The lowest BCUT2D eigenvalue weighted by molar-refractivity contribution is -0.136. The van der Waals surface area contributed by atoms with Crippen molar-refractivity contribution in [3.05, 3.63) is 53.8 Å². The maximum atomic E-state index is 14.0. The van der Waals surface area contributed by atoms with Crippen molar-refractivity contribution in [3.63, 3.8) is 0 Å². The van der Waals surface area contributed by atoms with Gasteiger partial charge in [0.2, 0.25) is 5.91 Å². The number of carbonyl (C=O) groups excluding carboxylic acids is 1. The molecule has 2 heterocycles. The fraction of sp³-hybridized carbons (Fsp3) is 0.536. The van der Waals surface area contributed by atoms with Gasteiger partial charge in [-0.3, -0.25) is 4.79 Å². The van der Waals surface area contributed by atoms with Crippen molar-refractivity contribution in [3.8, 4) is 16.9 Å². The molecule has 35 heavy (non-hydrogen) atoms. The van der Waals surface area contributed by atoms with E-state index in [2.05, 4.69) is 10.2 Å². The van der Waals surface area contributed by atoms with Crippen LogP contribution in [0.3, 0.4) is 0 Å². The Hall–Kier alpha value is -2.48. The Balaban J connectivity index is 1.46. The van der Waals surface area contributed by atoms with E-state index in [-0.39, 0.29) is 11.7 Å². The number of halogens is 1. The molecule has 7 heteroatoms. The van der Waals surface area contributed by atoms with Crippen molar-refractivity contribution in [2.45, 2.75) is 25.7 Å². The van der Waals surface area contributed by atoms with Gasteiger partial charge in [-0.05, 0) is 67.5 Å². The van der Waals surface area contributed by atoms with E-state index in [1.165, 1.54) is 12.1 Å². The topological polar surface area (TPSA) is 60.0 Å². The van der Waals surface area contributed by atoms with Gasteiger partial charge in [0, 0.05) is 45.5 Å². The number of ether oxygens (including phenoxy) is 3. The molecule has 0 aliphatic carbocycles. The molecule has 0 bridgehead atoms. The molecule has 1 amide bonds. The molecule has 2 fully saturated rings. The molecule has 2 saturated heterocycles. The molecule has 0 saturated carbocycles. The van der Waals surface area contributed by atoms with Gasteiger partial charge in [0.1, 0.15) is 11.6 Å². The van der Waals surface area contributed by atoms with Gasteiger partial charge in [-0.2, -0.15) is 0 Å². The molecule has 0 radical (unpaired) electrons. The van der Waals surface area contributed by atoms with Crippen molar-refractivity contribution < 1.29 is 23.4 Å². The summed E-state index contributed by atoms with van der Waals surface area (Å²) < 4.78 is 30.2. The summed E-state index contributed by atoms with van der Waals surface area (Å²) in [5, 5.41) is 3.28. The molecule has 2 aromatic rings. The Bertz CT molecular complexity index is 993. The monoisotopic (exact) mass is 484 g/mol. The highest BCUT2D eigenvalue weighted by molar-refractivity contribution is 5.83. The highest BCUT2D eigenvalue weighted by Gasteiger charge is 2.40. The predicted molar refractivity (Wildman–Crippen MR) is 134 cm³/mol. The zero-order valence-electron chi connectivity index (χ0n) is 20.9. The summed E-state index contributed by atoms with van der Waals surface area (Å²) in [6.07, 6.45) is 3.10. The van der Waals surface area contributed by atoms with Crippen molar-refractivity contribution in [1.29, 1.82) is 0 Å². The molecular formula is C28H37FN2O4. The van der Waals surface area contributed by atoms with Gasteiger partial charge in [0.15, 0.2) is 0 Å². The van der Waals surface area contributed by atoms with Crippen LogP contribution in [-0.2, 0) is 20.7 Å². The van der Waals surface area contributed by atoms with Gasteiger partial charge in [0.25, 0.3) is 0 Å². The average Bonchev–Trinajstić information content (AvgIpc) is 3.34. The number of benzene rings is 2. The lowest BCUT2D eigenvalue weighted by Crippen LogP contribution is -2.47. The molecule has 1 N–H and O–H groups in total. The number of nitrogens with one attached hydrogen (secondary N) is 1. The summed E-state index contributed by atoms with van der Waals surface area (Å²) in [6.45, 7) is 5.59. The normalized spacial score (nSPS) is 20.0. The number of carbonyl (C=O) groups is 1. The fourth-order valence-corrected chi connectivity index (χ4v) is 5.32. The quantitative estimate of drug-likeness (QED) is 0.554. The molecule has 1 atom stereocenters. The Labute approximate surface area is 207 Å². The van der Waals surface area contributed by atoms with Crippen LogP contribution in [0, 0.1) is 17.2 Å². The first-order valence-electron chi connectivity index (χ1n) is 12.5. The molecule has 0 aromatic heterocycles. The van der Waals surface area contributed by atoms with Crippen LogP contribution < -0.4 is 10.1 Å². The van der Waals surface area contributed by atoms with Crippen LogP contribution in [0.5, 0.6) is 5.75 Å². The van der Waals surface area contributed by atoms with E-state index in [0.717, 1.165) is 43.8 Å². The summed E-state index contributed by atoms with van der Waals surface area (Å²) in [4.78, 5) is 16.0. The molecule has 190 valence electrons. The minimum absolute atomic E-state index is 0.116. The Kier molecular flexibility index (Phi) is 8.76. The summed E-state index contributed by atoms with van der Waals surface area (Å²) in [5.41, 5.74) is 2.14. The molecule has 1 unspecified atom stereocenters. The van der Waals surface area contributed by atoms with E-state index in [1.54, 1.807) is 20.3 Å². The number of likely N-dealkylation sites (tertiary alicyclic amines) is 1. The summed E-state index contributed by atoms with van der Waals surface area (Å²) in [6, 6.07) is 12.5. The minimum atomic E-state index is -0.503. The first kappa shape index (κ1) is 25.6. The summed E-state index contributed by atoms with van der Waals surface area (Å²) in [7, 11) is 3.31. The third kappa shape index (κ3) is 6.40. The van der Waals surface area contributed by atoms with Crippen molar-refractivity contribution in [2.24, 2.45) is 11.3 Å². The lowest BCUT2D eigenvalue weighted by atomic mass is 9.74. The summed E-state index contributed by atoms with van der Waals surface area (Å²) in [5.74, 6) is 0.902. The van der Waals surface area contributed by atoms with E-state index in [9.17, 15) is 9.18 Å². The van der Waals surface area contributed by atoms with E-state index < -0.39 is 5.41 Å². The number of hydrogen-bond acceptors (Lipinski definition) is 5. The maximum Gasteiger partial charge on any atom is 0.226 e. The van der Waals surface area contributed by atoms with Gasteiger partial charge in [0.05, 0.1) is 19.1 Å². The van der Waals surface area contributed by atoms with Gasteiger partial charge in [-0.15, -0.1) is 0 Å². The van der Waals surface area contributed by atoms with Crippen LogP contribution in [0.15, 0.2) is 42.5 Å². The predicted octanol–water partition coefficient (Wildman–Crippen LogP) is 3.93. The van der Waals surface area contributed by atoms with Gasteiger partial charge in [-0.25, -0.2) is 4.39 Å². The van der Waals surface area contributed by atoms with E-state index in [0.29, 0.717) is 56.3 Å². The smallest absolute Gasteiger partial charge is 0.226 e. The van der Waals surface area contributed by atoms with Crippen LogP contribution in [0.4, 0.5) is 4.39 Å². The van der Waals surface area contributed by atoms with Gasteiger partial charge >= 0.3 is 0 Å². The van der Waals surface area contributed by atoms with Crippen molar-refractivity contribution in [2.75, 3.05) is 60.2 Å². The molecule has 2 aromatic carbocycles. The minimum Gasteiger partial charge on any atom is -0.496 e. The van der Waals surface area contributed by atoms with Crippen LogP contribution in [-0.4, -0.2) is 71.0 Å². The number of amides is 1. The highest BCUT2D eigenvalue weighted by atomic mass is 19.1. The second-order valence-corrected chi connectivity index (χ2v) is 9.77. The summed E-state index contributed by atoms with van der Waals surface area (Å²) >= 11 is 0. The van der Waals surface area contributed by atoms with E-state index >= 15 is 0 Å². The number of nitrogens with zero attached hydrogens (tertiary/aromatic N) is 1. The van der Waals surface area contributed by atoms with Crippen molar-refractivity contribution in [1.82, 2.24) is 10.2 Å². The maximum absolute atomic E-state index is 14.0. The van der Waals surface area contributed by atoms with Gasteiger partial charge < -0.3 is 24.4 Å². The van der Waals surface area contributed by atoms with Crippen LogP contribution in [0.1, 0.15) is 24.8 Å². The third-order valence-electron chi connectivity index (χ3n) is 7.41. The molecule has 6 nitrogen and oxygen atoms in total. The van der Waals surface area contributed by atoms with E-state index in [1.807, 2.05) is 24.3 Å². The first-order chi connectivity index (χ1) is 17.0. The molecular weight excluding hydrogens is 447 g/mol. The largest absolute Gasteiger partial charge is 0.496 e. The SMILES string of the molecule is COCCN1CCC(CNC(=O)C2(Cc3cccc(-c4cc(F)ccc4OC)c3)CCOCC2)C1. The Morgan fingerprint density at radius 1 is 1.20 bits per heavy atom. The Morgan fingerprint density at radius 3 is 2.80 bits per heavy atom. The molecule has 4 rings (SSSR count). The molecule has 0 spiro atoms. The zero-order valence-corrected chi connectivity index (χ0v) is 20.9. The standard InChI is InChI=1S/C28H37FN2O4/c1-33-15-12-31-11-8-22(20-31)19-30-27(32)28(9-13-35-14-10-28)18-21-4-3-5-23(16-21)25-17-24(29)6-7-26(25)34-2/h3-7,16-17,22H,8-15,18-20H2,1-2H3,(H,30,32). The Morgan fingerprint density at radius 2 is 2.03 bits per heavy atom. The second kappa shape index (κ2) is 12.0. The number of rotatable bonds is 10. The van der Waals surface area contributed by atoms with Crippen LogP contribution in [0.2, 0.25) is 0 Å². The highest BCUT2D eigenvalue weighted by Crippen LogP contribution is 2.37. The van der Waals surface area contributed by atoms with Crippen molar-refractivity contribution >= 4 is 5.91 Å². The van der Waals surface area contributed by atoms with E-state index in [4.69, 9.17) is 14.2 Å². The average molecular weight is 485 g/mol. The first-order valence-corrected chi connectivity index (χ1v) is 12.5. The third-order valence-corrected chi connectivity index (χ3v) is 7.41. The lowest BCUT2D eigenvalue weighted by Gasteiger charge is -2.36.